The van der Waals surface area contributed by atoms with Gasteiger partial charge in [0.15, 0.2) is 0 Å². The molecule has 1 heterocycles. The predicted octanol–water partition coefficient (Wildman–Crippen LogP) is 4.37. The van der Waals surface area contributed by atoms with Crippen molar-refractivity contribution in [2.24, 2.45) is 11.8 Å². The van der Waals surface area contributed by atoms with Crippen LogP contribution in [0.25, 0.3) is 0 Å². The largest absolute Gasteiger partial charge is 0.316 e. The van der Waals surface area contributed by atoms with Gasteiger partial charge in [-0.05, 0) is 31.3 Å². The molecule has 2 atom stereocenters. The molecule has 0 amide bonds. The van der Waals surface area contributed by atoms with Crippen LogP contribution in [0.1, 0.15) is 71.6 Å². The maximum atomic E-state index is 3.49. The van der Waals surface area contributed by atoms with Crippen molar-refractivity contribution in [3.63, 3.8) is 0 Å². The van der Waals surface area contributed by atoms with Gasteiger partial charge in [0.2, 0.25) is 0 Å². The molecule has 1 aliphatic rings. The number of rotatable bonds is 8. The Morgan fingerprint density at radius 3 is 2.38 bits per heavy atom. The van der Waals surface area contributed by atoms with Crippen LogP contribution in [0, 0.1) is 11.8 Å². The van der Waals surface area contributed by atoms with Gasteiger partial charge >= 0.3 is 0 Å². The second-order valence-corrected chi connectivity index (χ2v) is 5.64. The third kappa shape index (κ3) is 5.89. The van der Waals surface area contributed by atoms with Gasteiger partial charge in [-0.2, -0.15) is 0 Å². The molecular weight excluding hydrogens is 194 g/mol. The Morgan fingerprint density at radius 1 is 1.00 bits per heavy atom. The minimum atomic E-state index is 0.911. The van der Waals surface area contributed by atoms with Gasteiger partial charge in [0.05, 0.1) is 0 Å². The molecule has 1 aliphatic heterocycles. The smallest absolute Gasteiger partial charge is 0.00205 e. The fourth-order valence-corrected chi connectivity index (χ4v) is 2.86. The molecule has 0 spiro atoms. The van der Waals surface area contributed by atoms with Crippen molar-refractivity contribution in [3.8, 4) is 0 Å². The lowest BCUT2D eigenvalue weighted by Gasteiger charge is -2.29. The summed E-state index contributed by atoms with van der Waals surface area (Å²) in [6.45, 7) is 7.21. The van der Waals surface area contributed by atoms with Crippen LogP contribution < -0.4 is 5.32 Å². The zero-order chi connectivity index (χ0) is 11.6. The fraction of sp³-hybridized carbons (Fsp3) is 1.00. The number of hydrogen-bond acceptors (Lipinski definition) is 1. The van der Waals surface area contributed by atoms with Crippen LogP contribution in [0.15, 0.2) is 0 Å². The third-order valence-corrected chi connectivity index (χ3v) is 4.14. The van der Waals surface area contributed by atoms with Crippen LogP contribution in [-0.4, -0.2) is 13.1 Å². The number of hydrogen-bond donors (Lipinski definition) is 1. The minimum absolute atomic E-state index is 0.911. The number of unbranched alkanes of at least 4 members (excludes halogenated alkanes) is 6. The van der Waals surface area contributed by atoms with E-state index in [0.717, 1.165) is 11.8 Å². The van der Waals surface area contributed by atoms with Gasteiger partial charge in [0.1, 0.15) is 0 Å². The predicted molar refractivity (Wildman–Crippen MR) is 72.8 cm³/mol. The Labute approximate surface area is 102 Å². The molecule has 0 aromatic rings. The first-order valence-corrected chi connectivity index (χ1v) is 7.55. The van der Waals surface area contributed by atoms with Crippen molar-refractivity contribution in [1.29, 1.82) is 0 Å². The molecule has 0 aromatic heterocycles. The normalized spacial score (nSPS) is 25.9. The lowest BCUT2D eigenvalue weighted by Crippen LogP contribution is -2.34. The Bertz CT molecular complexity index is 156. The maximum absolute atomic E-state index is 3.49. The highest BCUT2D eigenvalue weighted by molar-refractivity contribution is 4.74. The highest BCUT2D eigenvalue weighted by atomic mass is 14.9. The second kappa shape index (κ2) is 9.04. The average Bonchev–Trinajstić information content (AvgIpc) is 2.30. The van der Waals surface area contributed by atoms with Crippen molar-refractivity contribution >= 4 is 0 Å². The van der Waals surface area contributed by atoms with Crippen LogP contribution in [0.3, 0.4) is 0 Å². The molecule has 0 aliphatic carbocycles. The lowest BCUT2D eigenvalue weighted by atomic mass is 9.84. The van der Waals surface area contributed by atoms with Crippen LogP contribution in [0.5, 0.6) is 0 Å². The van der Waals surface area contributed by atoms with Crippen molar-refractivity contribution in [2.45, 2.75) is 71.6 Å². The van der Waals surface area contributed by atoms with Crippen molar-refractivity contribution < 1.29 is 0 Å². The van der Waals surface area contributed by atoms with Gasteiger partial charge < -0.3 is 5.32 Å². The Balaban J connectivity index is 1.90. The standard InChI is InChI=1S/C15H31N/c1-3-4-5-6-7-8-9-10-15-11-12-16-13-14(15)2/h14-16H,3-13H2,1-2H3. The van der Waals surface area contributed by atoms with E-state index in [1.165, 1.54) is 70.9 Å². The average molecular weight is 225 g/mol. The van der Waals surface area contributed by atoms with E-state index in [0.29, 0.717) is 0 Å². The quantitative estimate of drug-likeness (QED) is 0.605. The van der Waals surface area contributed by atoms with Gasteiger partial charge in [-0.3, -0.25) is 0 Å². The van der Waals surface area contributed by atoms with E-state index in [1.54, 1.807) is 0 Å². The van der Waals surface area contributed by atoms with E-state index in [2.05, 4.69) is 19.2 Å². The van der Waals surface area contributed by atoms with Crippen LogP contribution in [-0.2, 0) is 0 Å². The molecule has 0 aromatic carbocycles. The summed E-state index contributed by atoms with van der Waals surface area (Å²) in [7, 11) is 0. The number of nitrogens with one attached hydrogen (secondary N) is 1. The van der Waals surface area contributed by atoms with Crippen LogP contribution >= 0.6 is 0 Å². The molecule has 1 rings (SSSR count). The van der Waals surface area contributed by atoms with E-state index in [-0.39, 0.29) is 0 Å². The molecule has 16 heavy (non-hydrogen) atoms. The molecule has 1 fully saturated rings. The third-order valence-electron chi connectivity index (χ3n) is 4.14. The first-order chi connectivity index (χ1) is 7.84. The van der Waals surface area contributed by atoms with Crippen LogP contribution in [0.2, 0.25) is 0 Å². The maximum Gasteiger partial charge on any atom is -0.00205 e. The molecule has 0 saturated carbocycles. The molecule has 1 nitrogen and oxygen atoms in total. The van der Waals surface area contributed by atoms with E-state index >= 15 is 0 Å². The van der Waals surface area contributed by atoms with Crippen LogP contribution in [0.4, 0.5) is 0 Å². The van der Waals surface area contributed by atoms with E-state index in [9.17, 15) is 0 Å². The summed E-state index contributed by atoms with van der Waals surface area (Å²) in [5.74, 6) is 1.92. The van der Waals surface area contributed by atoms with Gasteiger partial charge in [0.25, 0.3) is 0 Å². The van der Waals surface area contributed by atoms with Crippen molar-refractivity contribution in [3.05, 3.63) is 0 Å². The summed E-state index contributed by atoms with van der Waals surface area (Å²) in [6, 6.07) is 0. The monoisotopic (exact) mass is 225 g/mol. The zero-order valence-electron chi connectivity index (χ0n) is 11.4. The van der Waals surface area contributed by atoms with Gasteiger partial charge in [-0.25, -0.2) is 0 Å². The summed E-state index contributed by atoms with van der Waals surface area (Å²) in [5, 5.41) is 3.49. The summed E-state index contributed by atoms with van der Waals surface area (Å²) < 4.78 is 0. The van der Waals surface area contributed by atoms with E-state index in [1.807, 2.05) is 0 Å². The first-order valence-electron chi connectivity index (χ1n) is 7.55. The summed E-state index contributed by atoms with van der Waals surface area (Å²) in [5.41, 5.74) is 0. The molecule has 0 radical (unpaired) electrons. The molecule has 1 N–H and O–H groups in total. The summed E-state index contributed by atoms with van der Waals surface area (Å²) in [4.78, 5) is 0. The zero-order valence-corrected chi connectivity index (χ0v) is 11.4. The molecule has 1 heteroatoms. The summed E-state index contributed by atoms with van der Waals surface area (Å²) >= 11 is 0. The highest BCUT2D eigenvalue weighted by Crippen LogP contribution is 2.24. The molecule has 1 saturated heterocycles. The number of piperidine rings is 1. The molecule has 96 valence electrons. The Hall–Kier alpha value is -0.0400. The topological polar surface area (TPSA) is 12.0 Å². The Morgan fingerprint density at radius 2 is 1.69 bits per heavy atom. The SMILES string of the molecule is CCCCCCCCCC1CCNCC1C. The molecule has 2 unspecified atom stereocenters. The van der Waals surface area contributed by atoms with E-state index < -0.39 is 0 Å². The van der Waals surface area contributed by atoms with Gasteiger partial charge in [-0.1, -0.05) is 65.2 Å². The van der Waals surface area contributed by atoms with Gasteiger partial charge in [0, 0.05) is 0 Å². The van der Waals surface area contributed by atoms with E-state index in [4.69, 9.17) is 0 Å². The summed E-state index contributed by atoms with van der Waals surface area (Å²) in [6.07, 6.45) is 13.0. The second-order valence-electron chi connectivity index (χ2n) is 5.64. The lowest BCUT2D eigenvalue weighted by molar-refractivity contribution is 0.252. The highest BCUT2D eigenvalue weighted by Gasteiger charge is 2.19. The van der Waals surface area contributed by atoms with Crippen molar-refractivity contribution in [2.75, 3.05) is 13.1 Å². The van der Waals surface area contributed by atoms with Crippen molar-refractivity contribution in [1.82, 2.24) is 5.32 Å². The minimum Gasteiger partial charge on any atom is -0.316 e. The fourth-order valence-electron chi connectivity index (χ4n) is 2.86. The van der Waals surface area contributed by atoms with Gasteiger partial charge in [-0.15, -0.1) is 0 Å². The molecule has 0 bridgehead atoms. The molecular formula is C15H31N. The Kier molecular flexibility index (Phi) is 7.92. The first kappa shape index (κ1) is 14.0.